The predicted molar refractivity (Wildman–Crippen MR) is 132 cm³/mol. The quantitative estimate of drug-likeness (QED) is 0.662. The number of piperidine rings is 2. The van der Waals surface area contributed by atoms with Crippen LogP contribution < -0.4 is 4.74 Å². The van der Waals surface area contributed by atoms with Crippen molar-refractivity contribution in [1.29, 1.82) is 0 Å². The van der Waals surface area contributed by atoms with Crippen LogP contribution in [0.1, 0.15) is 59.4 Å². The zero-order chi connectivity index (χ0) is 25.3. The highest BCUT2D eigenvalue weighted by atomic mass is 19.1. The third-order valence-electron chi connectivity index (χ3n) is 7.91. The van der Waals surface area contributed by atoms with Gasteiger partial charge in [-0.05, 0) is 50.7 Å². The van der Waals surface area contributed by atoms with Crippen LogP contribution in [-0.4, -0.2) is 81.1 Å². The van der Waals surface area contributed by atoms with Crippen molar-refractivity contribution in [2.75, 3.05) is 32.9 Å². The number of para-hydroxylation sites is 1. The number of carbonyl (C=O) groups excluding carboxylic acids is 2. The molecule has 1 aliphatic carbocycles. The number of hydrogen-bond donors (Lipinski definition) is 1. The molecule has 0 unspecified atom stereocenters. The second-order valence-electron chi connectivity index (χ2n) is 10.4. The normalized spacial score (nSPS) is 19.9. The van der Waals surface area contributed by atoms with Crippen LogP contribution in [0.25, 0.3) is 0 Å². The first-order valence-electron chi connectivity index (χ1n) is 13.0. The molecule has 1 N–H and O–H groups in total. The van der Waals surface area contributed by atoms with Crippen molar-refractivity contribution in [1.82, 2.24) is 19.6 Å². The highest BCUT2D eigenvalue weighted by Crippen LogP contribution is 2.29. The minimum Gasteiger partial charge on any atom is -0.490 e. The number of rotatable bonds is 6. The van der Waals surface area contributed by atoms with E-state index in [-0.39, 0.29) is 37.3 Å². The molecule has 1 aromatic heterocycles. The molecule has 3 aliphatic rings. The largest absolute Gasteiger partial charge is 0.490 e. The molecule has 2 fully saturated rings. The second-order valence-corrected chi connectivity index (χ2v) is 10.4. The molecule has 0 atom stereocenters. The molecule has 0 spiro atoms. The average molecular weight is 499 g/mol. The molecule has 9 heteroatoms. The first-order valence-corrected chi connectivity index (χ1v) is 13.0. The number of hydrogen-bond acceptors (Lipinski definition) is 5. The Labute approximate surface area is 211 Å². The molecule has 36 heavy (non-hydrogen) atoms. The number of aromatic nitrogens is 2. The minimum atomic E-state index is -1.33. The van der Waals surface area contributed by atoms with E-state index >= 15 is 0 Å². The Bertz CT molecular complexity index is 1120. The number of likely N-dealkylation sites (tertiary alicyclic amines) is 2. The van der Waals surface area contributed by atoms with Crippen LogP contribution in [0.15, 0.2) is 24.3 Å². The number of fused-ring (bicyclic) bond motifs is 1. The van der Waals surface area contributed by atoms with E-state index in [1.807, 2.05) is 36.1 Å². The maximum atomic E-state index is 13.2. The first-order chi connectivity index (χ1) is 17.4. The van der Waals surface area contributed by atoms with E-state index in [1.54, 1.807) is 9.58 Å². The summed E-state index contributed by atoms with van der Waals surface area (Å²) in [5.41, 5.74) is 2.09. The van der Waals surface area contributed by atoms with Crippen molar-refractivity contribution >= 4 is 11.8 Å². The monoisotopic (exact) mass is 498 g/mol. The molecule has 194 valence electrons. The van der Waals surface area contributed by atoms with E-state index in [2.05, 4.69) is 5.10 Å². The molecule has 0 saturated carbocycles. The lowest BCUT2D eigenvalue weighted by Crippen LogP contribution is -2.48. The van der Waals surface area contributed by atoms with Crippen LogP contribution in [0.5, 0.6) is 5.75 Å². The van der Waals surface area contributed by atoms with E-state index in [0.29, 0.717) is 31.9 Å². The van der Waals surface area contributed by atoms with Crippen molar-refractivity contribution in [3.63, 3.8) is 0 Å². The van der Waals surface area contributed by atoms with E-state index in [1.165, 1.54) is 0 Å². The molecule has 0 radical (unpaired) electrons. The Hall–Kier alpha value is -2.94. The smallest absolute Gasteiger partial charge is 0.274 e. The summed E-state index contributed by atoms with van der Waals surface area (Å²) in [6, 6.07) is 7.98. The summed E-state index contributed by atoms with van der Waals surface area (Å²) >= 11 is 0. The minimum absolute atomic E-state index is 0.00604. The molecule has 3 heterocycles. The van der Waals surface area contributed by atoms with Crippen LogP contribution in [0.4, 0.5) is 4.39 Å². The van der Waals surface area contributed by atoms with Crippen LogP contribution in [-0.2, 0) is 24.2 Å². The Morgan fingerprint density at radius 3 is 2.53 bits per heavy atom. The lowest BCUT2D eigenvalue weighted by Gasteiger charge is -2.36. The number of alkyl halides is 1. The van der Waals surface area contributed by atoms with Crippen LogP contribution in [0, 0.1) is 6.92 Å². The van der Waals surface area contributed by atoms with E-state index in [0.717, 1.165) is 54.7 Å². The van der Waals surface area contributed by atoms with Gasteiger partial charge in [0, 0.05) is 50.3 Å². The topological polar surface area (TPSA) is 87.9 Å². The van der Waals surface area contributed by atoms with Gasteiger partial charge in [0.15, 0.2) is 5.69 Å². The number of aryl methyl sites for hydroxylation is 1. The molecule has 2 aromatic rings. The average Bonchev–Trinajstić information content (AvgIpc) is 3.50. The van der Waals surface area contributed by atoms with Gasteiger partial charge in [-0.2, -0.15) is 5.10 Å². The number of nitrogens with zero attached hydrogens (tertiary/aromatic N) is 4. The molecule has 5 rings (SSSR count). The van der Waals surface area contributed by atoms with E-state index in [4.69, 9.17) is 4.74 Å². The van der Waals surface area contributed by atoms with Gasteiger partial charge in [0.1, 0.15) is 25.1 Å². The van der Waals surface area contributed by atoms with Gasteiger partial charge < -0.3 is 19.6 Å². The number of benzene rings is 1. The molecule has 2 saturated heterocycles. The van der Waals surface area contributed by atoms with E-state index < -0.39 is 12.3 Å². The standard InChI is InChI=1S/C27H35FN4O4/c1-19-5-2-3-8-23(19)36-20-9-13-30(14-10-20)24(33)17-32-22-7-4-6-21(22)25(29-32)26(34)31-15-11-27(35,18-28)12-16-31/h2-3,5,8,20,35H,4,6-7,9-18H2,1H3. The number of amides is 2. The van der Waals surface area contributed by atoms with E-state index in [9.17, 15) is 19.1 Å². The summed E-state index contributed by atoms with van der Waals surface area (Å²) in [5, 5.41) is 14.7. The highest BCUT2D eigenvalue weighted by Gasteiger charge is 2.37. The van der Waals surface area contributed by atoms with Crippen molar-refractivity contribution in [2.24, 2.45) is 0 Å². The van der Waals surface area contributed by atoms with Gasteiger partial charge in [0.25, 0.3) is 5.91 Å². The summed E-state index contributed by atoms with van der Waals surface area (Å²) in [7, 11) is 0. The molecular formula is C27H35FN4O4. The molecule has 2 amide bonds. The van der Waals surface area contributed by atoms with Gasteiger partial charge in [-0.15, -0.1) is 0 Å². The third-order valence-corrected chi connectivity index (χ3v) is 7.91. The number of halogens is 1. The fraction of sp³-hybridized carbons (Fsp3) is 0.593. The van der Waals surface area contributed by atoms with Crippen LogP contribution in [0.3, 0.4) is 0 Å². The zero-order valence-corrected chi connectivity index (χ0v) is 20.9. The Kier molecular flexibility index (Phi) is 7.01. The van der Waals surface area contributed by atoms with Gasteiger partial charge in [0.2, 0.25) is 5.91 Å². The van der Waals surface area contributed by atoms with Crippen molar-refractivity contribution in [3.8, 4) is 5.75 Å². The van der Waals surface area contributed by atoms with Crippen LogP contribution >= 0.6 is 0 Å². The summed E-state index contributed by atoms with van der Waals surface area (Å²) < 4.78 is 21.0. The molecule has 1 aromatic carbocycles. The van der Waals surface area contributed by atoms with Crippen LogP contribution in [0.2, 0.25) is 0 Å². The molecule has 8 nitrogen and oxygen atoms in total. The Morgan fingerprint density at radius 2 is 1.83 bits per heavy atom. The predicted octanol–water partition coefficient (Wildman–Crippen LogP) is 2.69. The van der Waals surface area contributed by atoms with Gasteiger partial charge in [-0.25, -0.2) is 4.39 Å². The van der Waals surface area contributed by atoms with Crippen molar-refractivity contribution < 1.29 is 23.8 Å². The number of aliphatic hydroxyl groups is 1. The maximum absolute atomic E-state index is 13.2. The summed E-state index contributed by atoms with van der Waals surface area (Å²) in [6.45, 7) is 3.24. The molecule has 2 aliphatic heterocycles. The molecular weight excluding hydrogens is 463 g/mol. The lowest BCUT2D eigenvalue weighted by molar-refractivity contribution is -0.133. The first kappa shape index (κ1) is 24.7. The lowest BCUT2D eigenvalue weighted by atomic mass is 9.92. The number of ether oxygens (including phenoxy) is 1. The summed E-state index contributed by atoms with van der Waals surface area (Å²) in [6.07, 6.45) is 4.60. The van der Waals surface area contributed by atoms with Gasteiger partial charge in [0.05, 0.1) is 5.60 Å². The van der Waals surface area contributed by atoms with Gasteiger partial charge >= 0.3 is 0 Å². The SMILES string of the molecule is Cc1ccccc1OC1CCN(C(=O)Cn2nc(C(=O)N3CCC(O)(CF)CC3)c3c2CCC3)CC1. The zero-order valence-electron chi connectivity index (χ0n) is 20.9. The Balaban J connectivity index is 1.20. The van der Waals surface area contributed by atoms with Crippen molar-refractivity contribution in [2.45, 2.75) is 70.1 Å². The Morgan fingerprint density at radius 1 is 1.11 bits per heavy atom. The maximum Gasteiger partial charge on any atom is 0.274 e. The second kappa shape index (κ2) is 10.2. The summed E-state index contributed by atoms with van der Waals surface area (Å²) in [4.78, 5) is 29.9. The molecule has 0 bridgehead atoms. The summed E-state index contributed by atoms with van der Waals surface area (Å²) in [5.74, 6) is 0.718. The third kappa shape index (κ3) is 4.98. The highest BCUT2D eigenvalue weighted by molar-refractivity contribution is 5.94. The number of carbonyl (C=O) groups is 2. The fourth-order valence-electron chi connectivity index (χ4n) is 5.54. The van der Waals surface area contributed by atoms with Gasteiger partial charge in [-0.3, -0.25) is 14.3 Å². The fourth-order valence-corrected chi connectivity index (χ4v) is 5.54. The van der Waals surface area contributed by atoms with Crippen molar-refractivity contribution in [3.05, 3.63) is 46.8 Å². The van der Waals surface area contributed by atoms with Gasteiger partial charge in [-0.1, -0.05) is 18.2 Å².